The number of nitrogens with zero attached hydrogens (tertiary/aromatic N) is 5. The summed E-state index contributed by atoms with van der Waals surface area (Å²) in [6, 6.07) is 12.6. The number of hydrogen-bond acceptors (Lipinski definition) is 10. The molecule has 4 aromatic rings. The predicted octanol–water partition coefficient (Wildman–Crippen LogP) is 4.47. The van der Waals surface area contributed by atoms with Crippen LogP contribution in [0.15, 0.2) is 47.1 Å². The Morgan fingerprint density at radius 1 is 1.07 bits per heavy atom. The van der Waals surface area contributed by atoms with E-state index in [0.717, 1.165) is 66.7 Å². The van der Waals surface area contributed by atoms with Gasteiger partial charge in [0.15, 0.2) is 5.58 Å². The van der Waals surface area contributed by atoms with Crippen molar-refractivity contribution in [2.75, 3.05) is 43.0 Å². The number of likely N-dealkylation sites (N-methyl/N-ethyl adjacent to an activating group) is 1. The Balaban J connectivity index is 1.12. The number of hydrogen-bond donors (Lipinski definition) is 4. The normalized spacial score (nSPS) is 19.7. The van der Waals surface area contributed by atoms with Crippen molar-refractivity contribution in [1.29, 1.82) is 5.41 Å². The van der Waals surface area contributed by atoms with Crippen molar-refractivity contribution in [3.8, 4) is 0 Å². The van der Waals surface area contributed by atoms with Gasteiger partial charge in [-0.05, 0) is 68.9 Å². The number of benzene rings is 2. The van der Waals surface area contributed by atoms with Crippen LogP contribution in [0.5, 0.6) is 0 Å². The van der Waals surface area contributed by atoms with Crippen LogP contribution in [0.25, 0.3) is 11.1 Å². The molecule has 1 aliphatic carbocycles. The molecule has 218 valence electrons. The molecule has 2 aromatic heterocycles. The average Bonchev–Trinajstić information content (AvgIpc) is 3.38. The highest BCUT2D eigenvalue weighted by Crippen LogP contribution is 2.30. The first-order valence-electron chi connectivity index (χ1n) is 14.4. The van der Waals surface area contributed by atoms with Crippen molar-refractivity contribution in [3.63, 3.8) is 0 Å². The van der Waals surface area contributed by atoms with Crippen LogP contribution in [-0.4, -0.2) is 75.1 Å². The van der Waals surface area contributed by atoms with E-state index in [9.17, 15) is 4.79 Å². The summed E-state index contributed by atoms with van der Waals surface area (Å²) >= 11 is 0. The number of carbonyl (C=O) groups is 1. The van der Waals surface area contributed by atoms with Gasteiger partial charge in [-0.2, -0.15) is 4.98 Å². The maximum absolute atomic E-state index is 12.2. The van der Waals surface area contributed by atoms with E-state index in [1.807, 2.05) is 56.1 Å². The third kappa shape index (κ3) is 5.64. The van der Waals surface area contributed by atoms with Gasteiger partial charge in [0.05, 0.1) is 17.8 Å². The smallest absolute Gasteiger partial charge is 0.300 e. The summed E-state index contributed by atoms with van der Waals surface area (Å²) in [7, 11) is 1.87. The molecule has 1 saturated heterocycles. The van der Waals surface area contributed by atoms with E-state index in [-0.39, 0.29) is 23.5 Å². The third-order valence-electron chi connectivity index (χ3n) is 8.41. The fourth-order valence-corrected chi connectivity index (χ4v) is 6.04. The molecule has 5 N–H and O–H groups in total. The molecule has 3 heterocycles. The zero-order chi connectivity index (χ0) is 29.4. The van der Waals surface area contributed by atoms with Crippen LogP contribution < -0.4 is 16.4 Å². The van der Waals surface area contributed by atoms with Crippen molar-refractivity contribution in [1.82, 2.24) is 24.8 Å². The number of aryl methyl sites for hydroxylation is 2. The Kier molecular flexibility index (Phi) is 7.51. The molecule has 0 radical (unpaired) electrons. The zero-order valence-corrected chi connectivity index (χ0v) is 24.3. The molecule has 2 aliphatic rings. The van der Waals surface area contributed by atoms with E-state index in [1.54, 1.807) is 0 Å². The van der Waals surface area contributed by atoms with Gasteiger partial charge in [0.2, 0.25) is 5.91 Å². The monoisotopic (exact) mass is 567 g/mol. The largest absolute Gasteiger partial charge is 0.423 e. The van der Waals surface area contributed by atoms with Crippen LogP contribution in [0.4, 0.5) is 23.3 Å². The molecular weight excluding hydrogens is 530 g/mol. The summed E-state index contributed by atoms with van der Waals surface area (Å²) < 4.78 is 5.93. The van der Waals surface area contributed by atoms with Crippen LogP contribution in [-0.2, 0) is 4.79 Å². The van der Waals surface area contributed by atoms with Gasteiger partial charge < -0.3 is 25.7 Å². The Bertz CT molecular complexity index is 1620. The Morgan fingerprint density at radius 3 is 2.57 bits per heavy atom. The summed E-state index contributed by atoms with van der Waals surface area (Å²) in [4.78, 5) is 29.5. The molecule has 0 spiro atoms. The van der Waals surface area contributed by atoms with Gasteiger partial charge in [0, 0.05) is 43.5 Å². The van der Waals surface area contributed by atoms with E-state index in [0.29, 0.717) is 35.5 Å². The second-order valence-corrected chi connectivity index (χ2v) is 11.4. The second-order valence-electron chi connectivity index (χ2n) is 11.4. The number of amides is 1. The van der Waals surface area contributed by atoms with Crippen LogP contribution in [0.1, 0.15) is 47.9 Å². The molecular formula is C31H37N9O2. The van der Waals surface area contributed by atoms with Crippen LogP contribution in [0.2, 0.25) is 0 Å². The first-order chi connectivity index (χ1) is 20.2. The van der Waals surface area contributed by atoms with E-state index in [2.05, 4.69) is 36.6 Å². The van der Waals surface area contributed by atoms with Gasteiger partial charge >= 0.3 is 0 Å². The number of oxazole rings is 1. The van der Waals surface area contributed by atoms with E-state index >= 15 is 0 Å². The molecule has 11 nitrogen and oxygen atoms in total. The van der Waals surface area contributed by atoms with Gasteiger partial charge in [0.25, 0.3) is 6.01 Å². The SMILES string of the molecule is Cc1cc(C)c2oc(Nc3ccc(C(=N)c4c(N)ncnc4NC4CCC(N5CCN(C)C(=O)C5)CC4)cc3)nc2c1. The highest BCUT2D eigenvalue weighted by atomic mass is 16.4. The number of rotatable bonds is 7. The number of piperazine rings is 1. The van der Waals surface area contributed by atoms with Gasteiger partial charge in [-0.15, -0.1) is 0 Å². The maximum Gasteiger partial charge on any atom is 0.300 e. The molecule has 2 aromatic carbocycles. The number of carbonyl (C=O) groups excluding carboxylic acids is 1. The fourth-order valence-electron chi connectivity index (χ4n) is 6.04. The minimum Gasteiger partial charge on any atom is -0.423 e. The molecule has 2 fully saturated rings. The first-order valence-corrected chi connectivity index (χ1v) is 14.4. The topological polar surface area (TPSA) is 149 Å². The fraction of sp³-hybridized carbons (Fsp3) is 0.387. The third-order valence-corrected chi connectivity index (χ3v) is 8.41. The molecule has 0 unspecified atom stereocenters. The highest BCUT2D eigenvalue weighted by molar-refractivity contribution is 6.16. The van der Waals surface area contributed by atoms with E-state index in [1.165, 1.54) is 6.33 Å². The van der Waals surface area contributed by atoms with Crippen molar-refractivity contribution in [2.45, 2.75) is 51.6 Å². The molecule has 42 heavy (non-hydrogen) atoms. The van der Waals surface area contributed by atoms with E-state index in [4.69, 9.17) is 15.6 Å². The standard InChI is InChI=1S/C31H37N9O2/c1-18-14-19(2)28-24(15-18)38-31(42-28)37-22-6-4-20(5-7-22)27(32)26-29(33)34-17-35-30(26)36-21-8-10-23(11-9-21)40-13-12-39(3)25(41)16-40/h4-7,14-15,17,21,23,32H,8-13,16H2,1-3H3,(H,37,38)(H3,33,34,35,36). The van der Waals surface area contributed by atoms with Crippen molar-refractivity contribution < 1.29 is 9.21 Å². The molecule has 1 aliphatic heterocycles. The number of nitrogen functional groups attached to an aromatic ring is 1. The number of nitrogens with one attached hydrogen (secondary N) is 3. The molecule has 1 saturated carbocycles. The lowest BCUT2D eigenvalue weighted by Gasteiger charge is -2.40. The lowest BCUT2D eigenvalue weighted by atomic mass is 9.89. The van der Waals surface area contributed by atoms with Crippen molar-refractivity contribution in [3.05, 3.63) is 65.0 Å². The minimum absolute atomic E-state index is 0.196. The molecule has 1 amide bonds. The average molecular weight is 568 g/mol. The number of nitrogens with two attached hydrogens (primary N) is 1. The summed E-state index contributed by atoms with van der Waals surface area (Å²) in [5, 5.41) is 15.8. The number of fused-ring (bicyclic) bond motifs is 1. The Labute approximate surface area is 245 Å². The summed E-state index contributed by atoms with van der Waals surface area (Å²) in [5.41, 5.74) is 12.3. The zero-order valence-electron chi connectivity index (χ0n) is 24.3. The highest BCUT2D eigenvalue weighted by Gasteiger charge is 2.31. The van der Waals surface area contributed by atoms with Crippen molar-refractivity contribution in [2.24, 2.45) is 0 Å². The summed E-state index contributed by atoms with van der Waals surface area (Å²) in [6.45, 7) is 6.27. The van der Waals surface area contributed by atoms with Crippen molar-refractivity contribution >= 4 is 46.1 Å². The van der Waals surface area contributed by atoms with Crippen LogP contribution in [0.3, 0.4) is 0 Å². The minimum atomic E-state index is 0.196. The quantitative estimate of drug-likeness (QED) is 0.237. The molecule has 0 bridgehead atoms. The van der Waals surface area contributed by atoms with Gasteiger partial charge in [-0.3, -0.25) is 15.1 Å². The van der Waals surface area contributed by atoms with Gasteiger partial charge in [-0.25, -0.2) is 9.97 Å². The summed E-state index contributed by atoms with van der Waals surface area (Å²) in [5.74, 6) is 1.04. The van der Waals surface area contributed by atoms with Gasteiger partial charge in [0.1, 0.15) is 23.5 Å². The molecule has 11 heteroatoms. The second kappa shape index (κ2) is 11.4. The Morgan fingerprint density at radius 2 is 1.83 bits per heavy atom. The summed E-state index contributed by atoms with van der Waals surface area (Å²) in [6.07, 6.45) is 5.37. The molecule has 6 rings (SSSR count). The Hall–Kier alpha value is -4.51. The first kappa shape index (κ1) is 27.6. The lowest BCUT2D eigenvalue weighted by Crippen LogP contribution is -2.53. The van der Waals surface area contributed by atoms with E-state index < -0.39 is 0 Å². The predicted molar refractivity (Wildman–Crippen MR) is 164 cm³/mol. The molecule has 0 atom stereocenters. The van der Waals surface area contributed by atoms with Crippen LogP contribution >= 0.6 is 0 Å². The lowest BCUT2D eigenvalue weighted by molar-refractivity contribution is -0.135. The maximum atomic E-state index is 12.2. The van der Waals surface area contributed by atoms with Gasteiger partial charge in [-0.1, -0.05) is 18.2 Å². The number of aromatic nitrogens is 3. The number of anilines is 4. The van der Waals surface area contributed by atoms with Crippen LogP contribution in [0, 0.1) is 19.3 Å².